The van der Waals surface area contributed by atoms with Crippen LogP contribution in [0.1, 0.15) is 33.1 Å². The van der Waals surface area contributed by atoms with Crippen LogP contribution in [0.15, 0.2) is 0 Å². The van der Waals surface area contributed by atoms with Crippen LogP contribution in [0.4, 0.5) is 0 Å². The molecular formula is C7H16ClO2PS. The van der Waals surface area contributed by atoms with Crippen molar-refractivity contribution in [1.82, 2.24) is 0 Å². The summed E-state index contributed by atoms with van der Waals surface area (Å²) < 4.78 is 16.4. The second-order valence-electron chi connectivity index (χ2n) is 2.45. The first-order valence-corrected chi connectivity index (χ1v) is 8.33. The molecule has 0 rings (SSSR count). The van der Waals surface area contributed by atoms with Crippen LogP contribution in [0.5, 0.6) is 0 Å². The van der Waals surface area contributed by atoms with E-state index in [2.05, 4.69) is 6.92 Å². The van der Waals surface area contributed by atoms with Gasteiger partial charge < -0.3 is 4.52 Å². The van der Waals surface area contributed by atoms with Gasteiger partial charge in [0.05, 0.1) is 6.61 Å². The van der Waals surface area contributed by atoms with Gasteiger partial charge in [-0.25, -0.2) is 0 Å². The first kappa shape index (κ1) is 12.8. The summed E-state index contributed by atoms with van der Waals surface area (Å²) in [6.07, 6.45) is 2.99. The molecule has 0 aromatic rings. The normalized spacial score (nSPS) is 15.9. The summed E-state index contributed by atoms with van der Waals surface area (Å²) in [6.45, 7) is 4.54. The molecule has 0 aromatic carbocycles. The number of hydrogen-bond acceptors (Lipinski definition) is 3. The monoisotopic (exact) mass is 230 g/mol. The van der Waals surface area contributed by atoms with Gasteiger partial charge in [-0.05, 0) is 24.1 Å². The van der Waals surface area contributed by atoms with Crippen LogP contribution in [-0.2, 0) is 9.09 Å². The van der Waals surface area contributed by atoms with Crippen molar-refractivity contribution in [1.29, 1.82) is 0 Å². The fourth-order valence-corrected chi connectivity index (χ4v) is 3.98. The molecular weight excluding hydrogens is 215 g/mol. The average Bonchev–Trinajstić information content (AvgIpc) is 2.01. The van der Waals surface area contributed by atoms with E-state index in [0.29, 0.717) is 6.61 Å². The Kier molecular flexibility index (Phi) is 7.76. The molecule has 5 heteroatoms. The van der Waals surface area contributed by atoms with Crippen LogP contribution in [0.25, 0.3) is 0 Å². The minimum atomic E-state index is -2.85. The Morgan fingerprint density at radius 3 is 2.58 bits per heavy atom. The van der Waals surface area contributed by atoms with Crippen molar-refractivity contribution < 1.29 is 9.09 Å². The van der Waals surface area contributed by atoms with Gasteiger partial charge in [0.15, 0.2) is 0 Å². The van der Waals surface area contributed by atoms with Crippen molar-refractivity contribution in [3.63, 3.8) is 0 Å². The lowest BCUT2D eigenvalue weighted by Gasteiger charge is -2.08. The van der Waals surface area contributed by atoms with Crippen molar-refractivity contribution in [3.05, 3.63) is 0 Å². The Morgan fingerprint density at radius 1 is 1.42 bits per heavy atom. The third-order valence-corrected chi connectivity index (χ3v) is 5.42. The standard InChI is InChI=1S/C7H16ClO2PS/c1-3-5-7-12-11(8,9)10-6-4-2/h3-7H2,1-2H3. The molecule has 0 saturated carbocycles. The van der Waals surface area contributed by atoms with Gasteiger partial charge in [-0.3, -0.25) is 4.57 Å². The van der Waals surface area contributed by atoms with Gasteiger partial charge in [-0.1, -0.05) is 31.7 Å². The van der Waals surface area contributed by atoms with Gasteiger partial charge in [0, 0.05) is 5.75 Å². The van der Waals surface area contributed by atoms with E-state index < -0.39 is 5.92 Å². The van der Waals surface area contributed by atoms with Gasteiger partial charge in [0.2, 0.25) is 0 Å². The van der Waals surface area contributed by atoms with E-state index >= 15 is 0 Å². The molecule has 74 valence electrons. The zero-order valence-electron chi connectivity index (χ0n) is 7.59. The lowest BCUT2D eigenvalue weighted by atomic mass is 10.4. The second kappa shape index (κ2) is 7.25. The Bertz CT molecular complexity index is 154. The molecule has 0 aliphatic carbocycles. The molecule has 2 nitrogen and oxygen atoms in total. The first-order valence-electron chi connectivity index (χ1n) is 4.21. The molecule has 1 unspecified atom stereocenters. The molecule has 0 spiro atoms. The third kappa shape index (κ3) is 7.48. The quantitative estimate of drug-likeness (QED) is 0.482. The molecule has 0 fully saturated rings. The largest absolute Gasteiger partial charge is 0.346 e. The van der Waals surface area contributed by atoms with Crippen molar-refractivity contribution >= 4 is 28.5 Å². The molecule has 0 aliphatic heterocycles. The highest BCUT2D eigenvalue weighted by molar-refractivity contribution is 8.63. The number of halogens is 1. The highest BCUT2D eigenvalue weighted by Crippen LogP contribution is 2.64. The molecule has 0 heterocycles. The molecule has 0 radical (unpaired) electrons. The van der Waals surface area contributed by atoms with Crippen LogP contribution >= 0.6 is 28.5 Å². The minimum absolute atomic E-state index is 0.486. The third-order valence-electron chi connectivity index (χ3n) is 1.19. The Balaban J connectivity index is 3.49. The molecule has 0 N–H and O–H groups in total. The van der Waals surface area contributed by atoms with Crippen LogP contribution in [0.3, 0.4) is 0 Å². The van der Waals surface area contributed by atoms with Gasteiger partial charge >= 0.3 is 5.92 Å². The number of rotatable bonds is 7. The van der Waals surface area contributed by atoms with E-state index in [1.165, 1.54) is 11.4 Å². The van der Waals surface area contributed by atoms with E-state index in [9.17, 15) is 4.57 Å². The molecule has 1 atom stereocenters. The van der Waals surface area contributed by atoms with Gasteiger partial charge in [-0.2, -0.15) is 0 Å². The maximum absolute atomic E-state index is 11.4. The van der Waals surface area contributed by atoms with Crippen molar-refractivity contribution in [2.45, 2.75) is 33.1 Å². The second-order valence-corrected chi connectivity index (χ2v) is 8.39. The van der Waals surface area contributed by atoms with E-state index in [-0.39, 0.29) is 0 Å². The predicted octanol–water partition coefficient (Wildman–Crippen LogP) is 4.29. The highest BCUT2D eigenvalue weighted by atomic mass is 35.7. The predicted molar refractivity (Wildman–Crippen MR) is 57.1 cm³/mol. The topological polar surface area (TPSA) is 26.3 Å². The summed E-state index contributed by atoms with van der Waals surface area (Å²) in [6, 6.07) is 0. The lowest BCUT2D eigenvalue weighted by Crippen LogP contribution is -1.85. The van der Waals surface area contributed by atoms with Crippen LogP contribution < -0.4 is 0 Å². The fraction of sp³-hybridized carbons (Fsp3) is 1.00. The lowest BCUT2D eigenvalue weighted by molar-refractivity contribution is 0.334. The molecule has 0 amide bonds. The molecule has 0 saturated heterocycles. The number of unbranched alkanes of at least 4 members (excludes halogenated alkanes) is 1. The maximum Gasteiger partial charge on any atom is 0.346 e. The van der Waals surface area contributed by atoms with E-state index in [4.69, 9.17) is 15.8 Å². The Hall–Kier alpha value is 0.830. The Morgan fingerprint density at radius 2 is 2.08 bits per heavy atom. The maximum atomic E-state index is 11.4. The van der Waals surface area contributed by atoms with Crippen molar-refractivity contribution in [3.8, 4) is 0 Å². The van der Waals surface area contributed by atoms with Gasteiger partial charge in [-0.15, -0.1) is 0 Å². The first-order chi connectivity index (χ1) is 5.62. The summed E-state index contributed by atoms with van der Waals surface area (Å²) in [5, 5.41) is 0. The Labute approximate surface area is 83.4 Å². The molecule has 12 heavy (non-hydrogen) atoms. The average molecular weight is 231 g/mol. The SMILES string of the molecule is CCCCSP(=O)(Cl)OCCC. The zero-order valence-corrected chi connectivity index (χ0v) is 10.1. The van der Waals surface area contributed by atoms with E-state index in [1.54, 1.807) is 0 Å². The number of hydrogen-bond donors (Lipinski definition) is 0. The van der Waals surface area contributed by atoms with Crippen LogP contribution in [0.2, 0.25) is 0 Å². The van der Waals surface area contributed by atoms with E-state index in [0.717, 1.165) is 25.0 Å². The molecule has 0 aromatic heterocycles. The molecule has 0 bridgehead atoms. The van der Waals surface area contributed by atoms with Gasteiger partial charge in [0.1, 0.15) is 0 Å². The highest BCUT2D eigenvalue weighted by Gasteiger charge is 2.18. The summed E-state index contributed by atoms with van der Waals surface area (Å²) in [5.41, 5.74) is 0. The minimum Gasteiger partial charge on any atom is -0.310 e. The molecule has 0 aliphatic rings. The van der Waals surface area contributed by atoms with Crippen LogP contribution in [-0.4, -0.2) is 12.4 Å². The summed E-state index contributed by atoms with van der Waals surface area (Å²) in [5.74, 6) is -2.03. The smallest absolute Gasteiger partial charge is 0.310 e. The van der Waals surface area contributed by atoms with Crippen molar-refractivity contribution in [2.75, 3.05) is 12.4 Å². The summed E-state index contributed by atoms with van der Waals surface area (Å²) in [7, 11) is 0. The van der Waals surface area contributed by atoms with Crippen LogP contribution in [0, 0.1) is 0 Å². The summed E-state index contributed by atoms with van der Waals surface area (Å²) >= 11 is 6.89. The van der Waals surface area contributed by atoms with Crippen molar-refractivity contribution in [2.24, 2.45) is 0 Å². The fourth-order valence-electron chi connectivity index (χ4n) is 0.556. The van der Waals surface area contributed by atoms with E-state index in [1.807, 2.05) is 6.92 Å². The zero-order chi connectivity index (χ0) is 9.45. The summed E-state index contributed by atoms with van der Waals surface area (Å²) in [4.78, 5) is 0. The van der Waals surface area contributed by atoms with Gasteiger partial charge in [0.25, 0.3) is 0 Å².